The van der Waals surface area contributed by atoms with Crippen LogP contribution in [-0.2, 0) is 6.42 Å². The molecule has 1 aromatic heterocycles. The zero-order valence-electron chi connectivity index (χ0n) is 13.2. The molecule has 3 aromatic rings. The molecule has 0 saturated carbocycles. The molecule has 0 aliphatic carbocycles. The molecule has 2 aromatic carbocycles. The van der Waals surface area contributed by atoms with Crippen LogP contribution < -0.4 is 5.32 Å². The molecule has 0 unspecified atom stereocenters. The molecule has 0 radical (unpaired) electrons. The molecule has 0 fully saturated rings. The molecular formula is C18H18FN3OS. The minimum Gasteiger partial charge on any atom is -0.508 e. The van der Waals surface area contributed by atoms with E-state index in [9.17, 15) is 9.50 Å². The van der Waals surface area contributed by atoms with Gasteiger partial charge in [-0.1, -0.05) is 31.2 Å². The lowest BCUT2D eigenvalue weighted by atomic mass is 10.0. The summed E-state index contributed by atoms with van der Waals surface area (Å²) >= 11 is 1.32. The van der Waals surface area contributed by atoms with Gasteiger partial charge < -0.3 is 10.4 Å². The van der Waals surface area contributed by atoms with Gasteiger partial charge in [0.15, 0.2) is 0 Å². The zero-order valence-corrected chi connectivity index (χ0v) is 14.1. The number of hydrogen-bond acceptors (Lipinski definition) is 5. The topological polar surface area (TPSA) is 58.0 Å². The SMILES string of the molecule is C[C@@H](CNc1nc(Cc2cccc(O)c2)ns1)c1ccc(F)cc1. The quantitative estimate of drug-likeness (QED) is 0.705. The number of nitrogens with one attached hydrogen (secondary N) is 1. The lowest BCUT2D eigenvalue weighted by molar-refractivity contribution is 0.474. The first-order valence-electron chi connectivity index (χ1n) is 7.70. The molecule has 0 aliphatic rings. The number of aromatic nitrogens is 2. The molecule has 0 spiro atoms. The van der Waals surface area contributed by atoms with Gasteiger partial charge in [0, 0.05) is 24.5 Å². The molecule has 0 bridgehead atoms. The van der Waals surface area contributed by atoms with Crippen LogP contribution >= 0.6 is 11.5 Å². The van der Waals surface area contributed by atoms with Crippen molar-refractivity contribution in [1.82, 2.24) is 9.36 Å². The Morgan fingerprint density at radius 2 is 2.00 bits per heavy atom. The van der Waals surface area contributed by atoms with Crippen LogP contribution in [0.3, 0.4) is 0 Å². The highest BCUT2D eigenvalue weighted by Crippen LogP contribution is 2.20. The van der Waals surface area contributed by atoms with Crippen LogP contribution in [0.4, 0.5) is 9.52 Å². The summed E-state index contributed by atoms with van der Waals surface area (Å²) in [6.45, 7) is 2.78. The maximum Gasteiger partial charge on any atom is 0.202 e. The number of hydrogen-bond donors (Lipinski definition) is 2. The summed E-state index contributed by atoms with van der Waals surface area (Å²) in [5.74, 6) is 0.986. The Bertz CT molecular complexity index is 804. The Balaban J connectivity index is 1.57. The van der Waals surface area contributed by atoms with E-state index in [1.165, 1.54) is 23.7 Å². The second-order valence-corrected chi connectivity index (χ2v) is 6.45. The van der Waals surface area contributed by atoms with Crippen LogP contribution in [-0.4, -0.2) is 21.0 Å². The van der Waals surface area contributed by atoms with Crippen molar-refractivity contribution in [1.29, 1.82) is 0 Å². The molecule has 1 atom stereocenters. The fourth-order valence-corrected chi connectivity index (χ4v) is 2.99. The Morgan fingerprint density at radius 3 is 2.75 bits per heavy atom. The lowest BCUT2D eigenvalue weighted by Crippen LogP contribution is -2.09. The number of aromatic hydroxyl groups is 1. The first-order valence-corrected chi connectivity index (χ1v) is 8.47. The van der Waals surface area contributed by atoms with Gasteiger partial charge in [-0.25, -0.2) is 9.37 Å². The summed E-state index contributed by atoms with van der Waals surface area (Å²) in [6, 6.07) is 13.6. The first-order chi connectivity index (χ1) is 11.6. The predicted molar refractivity (Wildman–Crippen MR) is 94.1 cm³/mol. The van der Waals surface area contributed by atoms with E-state index in [0.717, 1.165) is 22.1 Å². The molecule has 3 rings (SSSR count). The Hall–Kier alpha value is -2.47. The lowest BCUT2D eigenvalue weighted by Gasteiger charge is -2.12. The number of halogens is 1. The molecule has 0 saturated heterocycles. The van der Waals surface area contributed by atoms with Crippen LogP contribution in [0.15, 0.2) is 48.5 Å². The maximum atomic E-state index is 13.0. The summed E-state index contributed by atoms with van der Waals surface area (Å²) in [4.78, 5) is 4.47. The number of phenolic OH excluding ortho intramolecular Hbond substituents is 1. The Morgan fingerprint density at radius 1 is 1.21 bits per heavy atom. The van der Waals surface area contributed by atoms with Crippen LogP contribution in [0.5, 0.6) is 5.75 Å². The summed E-state index contributed by atoms with van der Waals surface area (Å²) in [5, 5.41) is 13.5. The molecule has 6 heteroatoms. The van der Waals surface area contributed by atoms with Crippen molar-refractivity contribution >= 4 is 16.7 Å². The number of anilines is 1. The molecule has 24 heavy (non-hydrogen) atoms. The minimum atomic E-state index is -0.223. The summed E-state index contributed by atoms with van der Waals surface area (Å²) in [7, 11) is 0. The van der Waals surface area contributed by atoms with E-state index in [-0.39, 0.29) is 17.5 Å². The molecule has 0 aliphatic heterocycles. The van der Waals surface area contributed by atoms with Crippen molar-refractivity contribution in [2.45, 2.75) is 19.3 Å². The Kier molecular flexibility index (Phi) is 5.05. The fraction of sp³-hybridized carbons (Fsp3) is 0.222. The van der Waals surface area contributed by atoms with Crippen molar-refractivity contribution in [2.75, 3.05) is 11.9 Å². The molecule has 1 heterocycles. The van der Waals surface area contributed by atoms with E-state index in [1.807, 2.05) is 6.07 Å². The third kappa shape index (κ3) is 4.29. The monoisotopic (exact) mass is 343 g/mol. The molecular weight excluding hydrogens is 325 g/mol. The number of benzene rings is 2. The Labute approximate surface area is 144 Å². The van der Waals surface area contributed by atoms with E-state index in [0.29, 0.717) is 13.0 Å². The standard InChI is InChI=1S/C18H18FN3OS/c1-12(14-5-7-15(19)8-6-14)11-20-18-21-17(22-24-18)10-13-3-2-4-16(23)9-13/h2-9,12,23H,10-11H2,1H3,(H,20,21,22)/t12-/m0/s1. The zero-order chi connectivity index (χ0) is 16.9. The van der Waals surface area contributed by atoms with E-state index < -0.39 is 0 Å². The van der Waals surface area contributed by atoms with E-state index in [4.69, 9.17) is 0 Å². The highest BCUT2D eigenvalue weighted by atomic mass is 32.1. The molecule has 4 nitrogen and oxygen atoms in total. The van der Waals surface area contributed by atoms with Crippen molar-refractivity contribution < 1.29 is 9.50 Å². The predicted octanol–water partition coefficient (Wildman–Crippen LogP) is 4.19. The average molecular weight is 343 g/mol. The van der Waals surface area contributed by atoms with E-state index in [1.54, 1.807) is 30.3 Å². The highest BCUT2D eigenvalue weighted by Gasteiger charge is 2.09. The van der Waals surface area contributed by atoms with Gasteiger partial charge in [0.2, 0.25) is 5.13 Å². The summed E-state index contributed by atoms with van der Waals surface area (Å²) < 4.78 is 17.3. The van der Waals surface area contributed by atoms with E-state index >= 15 is 0 Å². The van der Waals surface area contributed by atoms with Crippen LogP contribution in [0, 0.1) is 5.82 Å². The van der Waals surface area contributed by atoms with Crippen molar-refractivity contribution in [3.05, 3.63) is 71.3 Å². The van der Waals surface area contributed by atoms with Gasteiger partial charge in [-0.15, -0.1) is 0 Å². The van der Waals surface area contributed by atoms with E-state index in [2.05, 4.69) is 21.6 Å². The molecule has 124 valence electrons. The van der Waals surface area contributed by atoms with Crippen LogP contribution in [0.25, 0.3) is 0 Å². The largest absolute Gasteiger partial charge is 0.508 e. The highest BCUT2D eigenvalue weighted by molar-refractivity contribution is 7.09. The third-order valence-corrected chi connectivity index (χ3v) is 4.45. The average Bonchev–Trinajstić information content (AvgIpc) is 3.01. The number of phenols is 1. The molecule has 0 amide bonds. The van der Waals surface area contributed by atoms with Gasteiger partial charge in [0.05, 0.1) is 0 Å². The van der Waals surface area contributed by atoms with Crippen LogP contribution in [0.1, 0.15) is 29.8 Å². The van der Waals surface area contributed by atoms with Crippen LogP contribution in [0.2, 0.25) is 0 Å². The number of nitrogens with zero attached hydrogens (tertiary/aromatic N) is 2. The third-order valence-electron chi connectivity index (χ3n) is 3.74. The van der Waals surface area contributed by atoms with Crippen molar-refractivity contribution in [3.8, 4) is 5.75 Å². The van der Waals surface area contributed by atoms with Crippen molar-refractivity contribution in [2.24, 2.45) is 0 Å². The molecule has 2 N–H and O–H groups in total. The number of rotatable bonds is 6. The first kappa shape index (κ1) is 16.4. The van der Waals surface area contributed by atoms with Gasteiger partial charge in [-0.05, 0) is 41.3 Å². The second kappa shape index (κ2) is 7.40. The normalized spacial score (nSPS) is 12.1. The van der Waals surface area contributed by atoms with Gasteiger partial charge >= 0.3 is 0 Å². The summed E-state index contributed by atoms with van der Waals surface area (Å²) in [6.07, 6.45) is 0.583. The maximum absolute atomic E-state index is 13.0. The minimum absolute atomic E-state index is 0.223. The van der Waals surface area contributed by atoms with Gasteiger partial charge in [0.1, 0.15) is 17.4 Å². The van der Waals surface area contributed by atoms with Gasteiger partial charge in [-0.3, -0.25) is 0 Å². The van der Waals surface area contributed by atoms with Gasteiger partial charge in [0.25, 0.3) is 0 Å². The second-order valence-electron chi connectivity index (χ2n) is 5.70. The van der Waals surface area contributed by atoms with Crippen molar-refractivity contribution in [3.63, 3.8) is 0 Å². The van der Waals surface area contributed by atoms with Gasteiger partial charge in [-0.2, -0.15) is 4.37 Å². The summed E-state index contributed by atoms with van der Waals surface area (Å²) in [5.41, 5.74) is 2.05. The smallest absolute Gasteiger partial charge is 0.202 e. The fourth-order valence-electron chi connectivity index (χ4n) is 2.40.